The van der Waals surface area contributed by atoms with Gasteiger partial charge in [-0.25, -0.2) is 0 Å². The lowest BCUT2D eigenvalue weighted by atomic mass is 10.0. The van der Waals surface area contributed by atoms with Crippen molar-refractivity contribution in [2.45, 2.75) is 32.7 Å². The Hall–Kier alpha value is -2.38. The highest BCUT2D eigenvalue weighted by Gasteiger charge is 2.33. The molecule has 2 aromatic rings. The zero-order valence-corrected chi connectivity index (χ0v) is 19.4. The van der Waals surface area contributed by atoms with Crippen LogP contribution in [0.15, 0.2) is 41.8 Å². The molecule has 1 aliphatic heterocycles. The van der Waals surface area contributed by atoms with E-state index in [4.69, 9.17) is 9.47 Å². The summed E-state index contributed by atoms with van der Waals surface area (Å²) < 4.78 is 11.1. The maximum atomic E-state index is 13.4. The van der Waals surface area contributed by atoms with E-state index in [2.05, 4.69) is 25.3 Å². The van der Waals surface area contributed by atoms with E-state index in [9.17, 15) is 9.59 Å². The number of ether oxygens (including phenoxy) is 2. The molecule has 2 heterocycles. The maximum absolute atomic E-state index is 13.4. The van der Waals surface area contributed by atoms with Crippen LogP contribution in [-0.2, 0) is 20.7 Å². The first-order valence-electron chi connectivity index (χ1n) is 10.8. The molecule has 1 atom stereocenters. The standard InChI is InChI=1S/C24H32N2O4S/c1-18(2)9-12-25(24(28)17-29-3)15-23(27)26-13-10-22-20(11-14-31-22)21(26)16-30-19-7-5-4-6-8-19/h4-8,11,14,18,21H,9-10,12-13,15-17H2,1-3H3. The molecule has 1 aromatic heterocycles. The Morgan fingerprint density at radius 3 is 2.71 bits per heavy atom. The molecule has 1 unspecified atom stereocenters. The summed E-state index contributed by atoms with van der Waals surface area (Å²) >= 11 is 1.73. The van der Waals surface area contributed by atoms with E-state index in [1.807, 2.05) is 35.2 Å². The summed E-state index contributed by atoms with van der Waals surface area (Å²) in [6, 6.07) is 11.6. The lowest BCUT2D eigenvalue weighted by Gasteiger charge is -2.37. The van der Waals surface area contributed by atoms with Crippen LogP contribution < -0.4 is 4.74 Å². The molecule has 0 bridgehead atoms. The summed E-state index contributed by atoms with van der Waals surface area (Å²) in [7, 11) is 1.50. The fraction of sp³-hybridized carbons (Fsp3) is 0.500. The summed E-state index contributed by atoms with van der Waals surface area (Å²) in [5.41, 5.74) is 1.15. The Morgan fingerprint density at radius 2 is 2.00 bits per heavy atom. The van der Waals surface area contributed by atoms with E-state index in [0.29, 0.717) is 25.6 Å². The number of hydrogen-bond acceptors (Lipinski definition) is 5. The van der Waals surface area contributed by atoms with Crippen molar-refractivity contribution in [2.75, 3.05) is 40.0 Å². The summed E-state index contributed by atoms with van der Waals surface area (Å²) in [5, 5.41) is 2.07. The van der Waals surface area contributed by atoms with Gasteiger partial charge in [-0.2, -0.15) is 0 Å². The highest BCUT2D eigenvalue weighted by molar-refractivity contribution is 7.10. The van der Waals surface area contributed by atoms with Crippen molar-refractivity contribution < 1.29 is 19.1 Å². The molecule has 7 heteroatoms. The van der Waals surface area contributed by atoms with Gasteiger partial charge in [0.15, 0.2) is 0 Å². The smallest absolute Gasteiger partial charge is 0.249 e. The van der Waals surface area contributed by atoms with E-state index in [-0.39, 0.29) is 31.0 Å². The molecule has 3 rings (SSSR count). The number of hydrogen-bond donors (Lipinski definition) is 0. The minimum atomic E-state index is -0.160. The number of thiophene rings is 1. The Bertz CT molecular complexity index is 852. The molecular formula is C24H32N2O4S. The Balaban J connectivity index is 1.73. The van der Waals surface area contributed by atoms with Crippen molar-refractivity contribution in [1.29, 1.82) is 0 Å². The summed E-state index contributed by atoms with van der Waals surface area (Å²) in [6.45, 7) is 5.84. The lowest BCUT2D eigenvalue weighted by molar-refractivity contribution is -0.144. The summed E-state index contributed by atoms with van der Waals surface area (Å²) in [4.78, 5) is 30.7. The fourth-order valence-electron chi connectivity index (χ4n) is 3.74. The van der Waals surface area contributed by atoms with Crippen LogP contribution >= 0.6 is 11.3 Å². The van der Waals surface area contributed by atoms with Gasteiger partial charge in [-0.3, -0.25) is 9.59 Å². The Morgan fingerprint density at radius 1 is 1.23 bits per heavy atom. The molecule has 168 valence electrons. The first-order valence-corrected chi connectivity index (χ1v) is 11.7. The van der Waals surface area contributed by atoms with Crippen LogP contribution in [0.3, 0.4) is 0 Å². The monoisotopic (exact) mass is 444 g/mol. The number of methoxy groups -OCH3 is 1. The van der Waals surface area contributed by atoms with Crippen LogP contribution in [0.1, 0.15) is 36.8 Å². The minimum Gasteiger partial charge on any atom is -0.491 e. The van der Waals surface area contributed by atoms with Crippen LogP contribution in [0.5, 0.6) is 5.75 Å². The predicted octanol–water partition coefficient (Wildman–Crippen LogP) is 3.77. The molecule has 0 saturated carbocycles. The van der Waals surface area contributed by atoms with Gasteiger partial charge in [0.2, 0.25) is 11.8 Å². The predicted molar refractivity (Wildman–Crippen MR) is 122 cm³/mol. The fourth-order valence-corrected chi connectivity index (χ4v) is 4.67. The molecule has 0 aliphatic carbocycles. The second-order valence-corrected chi connectivity index (χ2v) is 9.21. The van der Waals surface area contributed by atoms with Gasteiger partial charge in [0.25, 0.3) is 0 Å². The normalized spacial score (nSPS) is 15.6. The van der Waals surface area contributed by atoms with E-state index < -0.39 is 0 Å². The molecule has 31 heavy (non-hydrogen) atoms. The molecule has 0 spiro atoms. The average Bonchev–Trinajstić information content (AvgIpc) is 3.24. The van der Waals surface area contributed by atoms with Gasteiger partial charge in [-0.1, -0.05) is 32.0 Å². The van der Waals surface area contributed by atoms with Crippen LogP contribution in [-0.4, -0.2) is 61.6 Å². The van der Waals surface area contributed by atoms with Crippen molar-refractivity contribution in [2.24, 2.45) is 5.92 Å². The molecule has 6 nitrogen and oxygen atoms in total. The van der Waals surface area contributed by atoms with Gasteiger partial charge in [0, 0.05) is 25.1 Å². The quantitative estimate of drug-likeness (QED) is 0.560. The number of rotatable bonds is 10. The van der Waals surface area contributed by atoms with Crippen LogP contribution in [0, 0.1) is 5.92 Å². The molecule has 2 amide bonds. The lowest BCUT2D eigenvalue weighted by Crippen LogP contribution is -2.48. The number of amides is 2. The second-order valence-electron chi connectivity index (χ2n) is 8.21. The first kappa shape index (κ1) is 23.3. The van der Waals surface area contributed by atoms with E-state index in [1.54, 1.807) is 16.2 Å². The molecule has 0 radical (unpaired) electrons. The summed E-state index contributed by atoms with van der Waals surface area (Å²) in [6.07, 6.45) is 1.68. The van der Waals surface area contributed by atoms with Crippen molar-refractivity contribution in [3.8, 4) is 5.75 Å². The number of para-hydroxylation sites is 1. The first-order chi connectivity index (χ1) is 15.0. The molecule has 1 aromatic carbocycles. The minimum absolute atomic E-state index is 0.0133. The third-order valence-corrected chi connectivity index (χ3v) is 6.49. The summed E-state index contributed by atoms with van der Waals surface area (Å²) in [5.74, 6) is 1.03. The van der Waals surface area contributed by atoms with Gasteiger partial charge in [0.05, 0.1) is 12.6 Å². The topological polar surface area (TPSA) is 59.1 Å². The van der Waals surface area contributed by atoms with Crippen molar-refractivity contribution in [3.63, 3.8) is 0 Å². The SMILES string of the molecule is COCC(=O)N(CCC(C)C)CC(=O)N1CCc2sccc2C1COc1ccccc1. The Labute approximate surface area is 188 Å². The van der Waals surface area contributed by atoms with Gasteiger partial charge in [0.1, 0.15) is 19.0 Å². The van der Waals surface area contributed by atoms with Crippen molar-refractivity contribution in [3.05, 3.63) is 52.2 Å². The number of fused-ring (bicyclic) bond motifs is 1. The number of carbonyl (C=O) groups is 2. The molecule has 1 aliphatic rings. The van der Waals surface area contributed by atoms with Crippen LogP contribution in [0.25, 0.3) is 0 Å². The van der Waals surface area contributed by atoms with Crippen molar-refractivity contribution in [1.82, 2.24) is 9.80 Å². The largest absolute Gasteiger partial charge is 0.491 e. The number of carbonyl (C=O) groups excluding carboxylic acids is 2. The maximum Gasteiger partial charge on any atom is 0.249 e. The average molecular weight is 445 g/mol. The molecular weight excluding hydrogens is 412 g/mol. The van der Waals surface area contributed by atoms with Gasteiger partial charge in [-0.15, -0.1) is 11.3 Å². The molecule has 0 saturated heterocycles. The Kier molecular flexibility index (Phi) is 8.49. The zero-order chi connectivity index (χ0) is 22.2. The van der Waals surface area contributed by atoms with Crippen LogP contribution in [0.4, 0.5) is 0 Å². The van der Waals surface area contributed by atoms with Crippen LogP contribution in [0.2, 0.25) is 0 Å². The van der Waals surface area contributed by atoms with E-state index >= 15 is 0 Å². The van der Waals surface area contributed by atoms with E-state index in [1.165, 1.54) is 12.0 Å². The highest BCUT2D eigenvalue weighted by Crippen LogP contribution is 2.34. The van der Waals surface area contributed by atoms with Gasteiger partial charge >= 0.3 is 0 Å². The molecule has 0 fully saturated rings. The van der Waals surface area contributed by atoms with E-state index in [0.717, 1.165) is 24.2 Å². The third-order valence-electron chi connectivity index (χ3n) is 5.49. The second kappa shape index (κ2) is 11.3. The van der Waals surface area contributed by atoms with Crippen molar-refractivity contribution >= 4 is 23.2 Å². The zero-order valence-electron chi connectivity index (χ0n) is 18.6. The third kappa shape index (κ3) is 6.31. The highest BCUT2D eigenvalue weighted by atomic mass is 32.1. The van der Waals surface area contributed by atoms with Gasteiger partial charge in [-0.05, 0) is 47.9 Å². The van der Waals surface area contributed by atoms with Gasteiger partial charge < -0.3 is 19.3 Å². The molecule has 0 N–H and O–H groups in total. The number of nitrogens with zero attached hydrogens (tertiary/aromatic N) is 2. The number of benzene rings is 1.